The zero-order chi connectivity index (χ0) is 33.7. The first-order valence-electron chi connectivity index (χ1n) is 19.7. The van der Waals surface area contributed by atoms with Gasteiger partial charge in [0.15, 0.2) is 0 Å². The second kappa shape index (κ2) is 13.4. The quantitative estimate of drug-likeness (QED) is 0.179. The first kappa shape index (κ1) is 34.1. The van der Waals surface area contributed by atoms with Crippen molar-refractivity contribution >= 4 is 16.7 Å². The molecule has 4 heteroatoms. The van der Waals surface area contributed by atoms with Crippen LogP contribution in [0.5, 0.6) is 5.75 Å². The van der Waals surface area contributed by atoms with Crippen molar-refractivity contribution in [3.05, 3.63) is 53.6 Å². The van der Waals surface area contributed by atoms with Crippen LogP contribution in [0.2, 0.25) is 0 Å². The zero-order valence-electron chi connectivity index (χ0n) is 30.8. The first-order valence-corrected chi connectivity index (χ1v) is 19.7. The minimum Gasteiger partial charge on any atom is -0.493 e. The Morgan fingerprint density at radius 2 is 1.73 bits per heavy atom. The van der Waals surface area contributed by atoms with Gasteiger partial charge in [0.1, 0.15) is 11.9 Å². The summed E-state index contributed by atoms with van der Waals surface area (Å²) in [4.78, 5) is 13.4. The van der Waals surface area contributed by atoms with Gasteiger partial charge in [0.2, 0.25) is 0 Å². The van der Waals surface area contributed by atoms with Crippen LogP contribution in [0.25, 0.3) is 10.8 Å². The first-order chi connectivity index (χ1) is 23.0. The predicted molar refractivity (Wildman–Crippen MR) is 195 cm³/mol. The lowest BCUT2D eigenvalue weighted by atomic mass is 9.47. The van der Waals surface area contributed by atoms with Crippen LogP contribution in [-0.4, -0.2) is 31.9 Å². The molecule has 2 aromatic carbocycles. The minimum absolute atomic E-state index is 0.0300. The molecule has 0 radical (unpaired) electrons. The van der Waals surface area contributed by atoms with E-state index in [0.717, 1.165) is 90.9 Å². The monoisotopic (exact) mass is 654 g/mol. The molecule has 4 fully saturated rings. The van der Waals surface area contributed by atoms with Gasteiger partial charge in [-0.1, -0.05) is 84.6 Å². The average Bonchev–Trinajstić information content (AvgIpc) is 3.41. The molecule has 3 saturated carbocycles. The molecule has 4 nitrogen and oxygen atoms in total. The van der Waals surface area contributed by atoms with E-state index in [9.17, 15) is 4.79 Å². The van der Waals surface area contributed by atoms with Crippen molar-refractivity contribution in [2.24, 2.45) is 51.8 Å². The lowest BCUT2D eigenvalue weighted by molar-refractivity contribution is -0.133. The number of fused-ring (bicyclic) bond motifs is 6. The molecule has 5 aliphatic rings. The summed E-state index contributed by atoms with van der Waals surface area (Å²) >= 11 is 0. The molecule has 1 saturated heterocycles. The lowest BCUT2D eigenvalue weighted by Gasteiger charge is -2.58. The Labute approximate surface area is 290 Å². The average molecular weight is 655 g/mol. The van der Waals surface area contributed by atoms with Crippen LogP contribution in [0.1, 0.15) is 129 Å². The van der Waals surface area contributed by atoms with Crippen LogP contribution in [0.4, 0.5) is 0 Å². The summed E-state index contributed by atoms with van der Waals surface area (Å²) in [6.45, 7) is 17.0. The summed E-state index contributed by atoms with van der Waals surface area (Å²) in [5, 5.41) is 2.11. The summed E-state index contributed by atoms with van der Waals surface area (Å²) in [5.41, 5.74) is 3.15. The SMILES string of the molecule is CCC1(COc2ccc3cc(C(=O)OC4CCC5(C)C(=CCC6C5CCC5(C)C(C(C)CCCC(C)C)CCC65)C4)ccc3c2)COC1. The molecule has 1 heterocycles. The second-order valence-corrected chi connectivity index (χ2v) is 17.9. The van der Waals surface area contributed by atoms with Crippen molar-refractivity contribution in [3.8, 4) is 5.75 Å². The van der Waals surface area contributed by atoms with Crippen LogP contribution < -0.4 is 4.74 Å². The third kappa shape index (κ3) is 6.26. The van der Waals surface area contributed by atoms with E-state index in [1.54, 1.807) is 5.57 Å². The maximum atomic E-state index is 13.4. The Kier molecular flexibility index (Phi) is 9.54. The molecule has 0 N–H and O–H groups in total. The van der Waals surface area contributed by atoms with Crippen LogP contribution in [0.3, 0.4) is 0 Å². The molecule has 0 amide bonds. The Bertz CT molecular complexity index is 1500. The van der Waals surface area contributed by atoms with E-state index in [0.29, 0.717) is 17.6 Å². The maximum absolute atomic E-state index is 13.4. The normalized spacial score (nSPS) is 34.4. The molecule has 262 valence electrons. The summed E-state index contributed by atoms with van der Waals surface area (Å²) in [6, 6.07) is 12.1. The molecule has 0 spiro atoms. The summed E-state index contributed by atoms with van der Waals surface area (Å²) in [7, 11) is 0. The van der Waals surface area contributed by atoms with E-state index in [4.69, 9.17) is 14.2 Å². The van der Waals surface area contributed by atoms with Crippen molar-refractivity contribution < 1.29 is 19.0 Å². The third-order valence-corrected chi connectivity index (χ3v) is 14.7. The summed E-state index contributed by atoms with van der Waals surface area (Å²) in [6.07, 6.45) is 17.7. The van der Waals surface area contributed by atoms with Crippen molar-refractivity contribution in [2.75, 3.05) is 19.8 Å². The number of carbonyl (C=O) groups excluding carboxylic acids is 1. The predicted octanol–water partition coefficient (Wildman–Crippen LogP) is 11.2. The van der Waals surface area contributed by atoms with Gasteiger partial charge in [-0.05, 0) is 133 Å². The molecule has 0 aromatic heterocycles. The fraction of sp³-hybridized carbons (Fsp3) is 0.705. The fourth-order valence-electron chi connectivity index (χ4n) is 11.4. The maximum Gasteiger partial charge on any atom is 0.338 e. The molecule has 4 aliphatic carbocycles. The summed E-state index contributed by atoms with van der Waals surface area (Å²) in [5.74, 6) is 5.73. The smallest absolute Gasteiger partial charge is 0.338 e. The van der Waals surface area contributed by atoms with E-state index < -0.39 is 0 Å². The number of esters is 1. The van der Waals surface area contributed by atoms with E-state index in [1.165, 1.54) is 51.4 Å². The molecule has 1 aliphatic heterocycles. The van der Waals surface area contributed by atoms with Crippen molar-refractivity contribution in [1.29, 1.82) is 0 Å². The number of allylic oxidation sites excluding steroid dienone is 1. The molecule has 0 bridgehead atoms. The Morgan fingerprint density at radius 1 is 0.938 bits per heavy atom. The van der Waals surface area contributed by atoms with E-state index in [1.807, 2.05) is 24.3 Å². The molecule has 2 aromatic rings. The van der Waals surface area contributed by atoms with Gasteiger partial charge >= 0.3 is 5.97 Å². The summed E-state index contributed by atoms with van der Waals surface area (Å²) < 4.78 is 17.8. The molecule has 48 heavy (non-hydrogen) atoms. The number of ether oxygens (including phenoxy) is 3. The Balaban J connectivity index is 0.969. The third-order valence-electron chi connectivity index (χ3n) is 14.7. The van der Waals surface area contributed by atoms with Gasteiger partial charge < -0.3 is 14.2 Å². The Hall–Kier alpha value is -2.33. The number of carbonyl (C=O) groups is 1. The van der Waals surface area contributed by atoms with Gasteiger partial charge in [0.25, 0.3) is 0 Å². The standard InChI is InChI=1S/C44H62O4/c1-7-44(26-46-27-44)28-47-35-15-13-31-23-33(12-11-32(31)24-35)41(45)48-36-19-21-42(5)34(25-36)14-16-37-39-18-17-38(30(4)10-8-9-29(2)3)43(39,6)22-20-40(37)42/h11-15,23-24,29-30,36-40H,7-10,16-22,25-28H2,1-6H3. The molecular weight excluding hydrogens is 592 g/mol. The van der Waals surface area contributed by atoms with Crippen molar-refractivity contribution in [2.45, 2.75) is 125 Å². The van der Waals surface area contributed by atoms with Crippen LogP contribution in [0.15, 0.2) is 48.0 Å². The lowest BCUT2D eigenvalue weighted by Crippen LogP contribution is -2.51. The van der Waals surface area contributed by atoms with Gasteiger partial charge in [-0.3, -0.25) is 0 Å². The van der Waals surface area contributed by atoms with Crippen LogP contribution in [0, 0.1) is 51.8 Å². The molecule has 8 unspecified atom stereocenters. The Morgan fingerprint density at radius 3 is 2.48 bits per heavy atom. The molecule has 8 atom stereocenters. The van der Waals surface area contributed by atoms with Crippen LogP contribution in [-0.2, 0) is 9.47 Å². The molecular formula is C44H62O4. The van der Waals surface area contributed by atoms with Crippen molar-refractivity contribution in [3.63, 3.8) is 0 Å². The largest absolute Gasteiger partial charge is 0.493 e. The number of hydrogen-bond donors (Lipinski definition) is 0. The van der Waals surface area contributed by atoms with E-state index in [2.05, 4.69) is 59.8 Å². The highest BCUT2D eigenvalue weighted by molar-refractivity contribution is 5.95. The van der Waals surface area contributed by atoms with Gasteiger partial charge in [-0.15, -0.1) is 0 Å². The van der Waals surface area contributed by atoms with Gasteiger partial charge in [0.05, 0.1) is 30.8 Å². The highest BCUT2D eigenvalue weighted by atomic mass is 16.5. The fourth-order valence-corrected chi connectivity index (χ4v) is 11.4. The van der Waals surface area contributed by atoms with Gasteiger partial charge in [0, 0.05) is 6.42 Å². The zero-order valence-corrected chi connectivity index (χ0v) is 30.8. The number of hydrogen-bond acceptors (Lipinski definition) is 4. The second-order valence-electron chi connectivity index (χ2n) is 17.9. The molecule has 7 rings (SSSR count). The van der Waals surface area contributed by atoms with Gasteiger partial charge in [-0.25, -0.2) is 4.79 Å². The highest BCUT2D eigenvalue weighted by Crippen LogP contribution is 2.67. The minimum atomic E-state index is -0.192. The highest BCUT2D eigenvalue weighted by Gasteiger charge is 2.59. The number of benzene rings is 2. The van der Waals surface area contributed by atoms with E-state index in [-0.39, 0.29) is 22.9 Å². The van der Waals surface area contributed by atoms with Gasteiger partial charge in [-0.2, -0.15) is 0 Å². The number of rotatable bonds is 11. The van der Waals surface area contributed by atoms with Crippen molar-refractivity contribution in [1.82, 2.24) is 0 Å². The topological polar surface area (TPSA) is 44.8 Å². The van der Waals surface area contributed by atoms with Crippen LogP contribution >= 0.6 is 0 Å². The van der Waals surface area contributed by atoms with E-state index >= 15 is 0 Å².